The minimum Gasteiger partial charge on any atom is -0.379 e. The second kappa shape index (κ2) is 8.85. The second-order valence-corrected chi connectivity index (χ2v) is 7.16. The number of amides is 1. The van der Waals surface area contributed by atoms with Crippen molar-refractivity contribution in [3.8, 4) is 0 Å². The summed E-state index contributed by atoms with van der Waals surface area (Å²) in [7, 11) is 0. The van der Waals surface area contributed by atoms with Crippen LogP contribution in [0.4, 0.5) is 10.8 Å². The number of anilines is 1. The Morgan fingerprint density at radius 3 is 2.67 bits per heavy atom. The van der Waals surface area contributed by atoms with Crippen LogP contribution < -0.4 is 5.32 Å². The Bertz CT molecular complexity index is 842. The van der Waals surface area contributed by atoms with E-state index in [1.807, 2.05) is 12.2 Å². The fourth-order valence-electron chi connectivity index (χ4n) is 2.66. The van der Waals surface area contributed by atoms with Crippen LogP contribution in [0.5, 0.6) is 0 Å². The van der Waals surface area contributed by atoms with Crippen molar-refractivity contribution < 1.29 is 14.5 Å². The average Bonchev–Trinajstić information content (AvgIpc) is 3.01. The number of carbonyl (C=O) groups is 1. The highest BCUT2D eigenvalue weighted by molar-refractivity contribution is 7.16. The van der Waals surface area contributed by atoms with Crippen LogP contribution in [0.25, 0.3) is 12.2 Å². The number of hydrogen-bond acceptors (Lipinski definition) is 7. The number of nitrogens with one attached hydrogen (secondary N) is 1. The summed E-state index contributed by atoms with van der Waals surface area (Å²) in [5.74, 6) is -0.160. The Labute approximate surface area is 160 Å². The number of aromatic nitrogens is 1. The normalized spacial score (nSPS) is 15.1. The van der Waals surface area contributed by atoms with E-state index in [4.69, 9.17) is 4.74 Å². The molecule has 0 saturated carbocycles. The molecule has 0 radical (unpaired) electrons. The van der Waals surface area contributed by atoms with Gasteiger partial charge in [0, 0.05) is 43.6 Å². The Kier molecular flexibility index (Phi) is 6.28. The molecule has 1 saturated heterocycles. The number of benzene rings is 1. The Morgan fingerprint density at radius 1 is 1.33 bits per heavy atom. The number of rotatable bonds is 6. The molecule has 1 amide bonds. The molecule has 1 aromatic carbocycles. The SMILES string of the molecule is CC(=O)Nc1nc(C=Cc2ccc([N+](=O)[O-])cc2)c(CN2CCOCC2)s1. The molecule has 1 fully saturated rings. The van der Waals surface area contributed by atoms with Gasteiger partial charge in [-0.3, -0.25) is 19.8 Å². The molecule has 9 heteroatoms. The number of thiazole rings is 1. The van der Waals surface area contributed by atoms with Crippen molar-refractivity contribution in [2.75, 3.05) is 31.6 Å². The van der Waals surface area contributed by atoms with Crippen molar-refractivity contribution in [2.45, 2.75) is 13.5 Å². The van der Waals surface area contributed by atoms with Crippen molar-refractivity contribution >= 4 is 40.2 Å². The lowest BCUT2D eigenvalue weighted by atomic mass is 10.2. The fourth-order valence-corrected chi connectivity index (χ4v) is 3.69. The minimum absolute atomic E-state index is 0.0572. The largest absolute Gasteiger partial charge is 0.379 e. The van der Waals surface area contributed by atoms with Crippen LogP contribution in [0, 0.1) is 10.1 Å². The first-order chi connectivity index (χ1) is 13.0. The highest BCUT2D eigenvalue weighted by Gasteiger charge is 2.16. The maximum Gasteiger partial charge on any atom is 0.269 e. The van der Waals surface area contributed by atoms with Crippen LogP contribution in [0.15, 0.2) is 24.3 Å². The maximum atomic E-state index is 11.3. The zero-order valence-electron chi connectivity index (χ0n) is 14.9. The van der Waals surface area contributed by atoms with E-state index in [1.165, 1.54) is 30.4 Å². The molecule has 142 valence electrons. The fraction of sp³-hybridized carbons (Fsp3) is 0.333. The van der Waals surface area contributed by atoms with Gasteiger partial charge in [0.15, 0.2) is 5.13 Å². The lowest BCUT2D eigenvalue weighted by molar-refractivity contribution is -0.384. The van der Waals surface area contributed by atoms with E-state index in [1.54, 1.807) is 12.1 Å². The molecule has 0 unspecified atom stereocenters. The first-order valence-electron chi connectivity index (χ1n) is 8.51. The topological polar surface area (TPSA) is 97.6 Å². The summed E-state index contributed by atoms with van der Waals surface area (Å²) >= 11 is 1.46. The summed E-state index contributed by atoms with van der Waals surface area (Å²) in [5.41, 5.74) is 1.68. The van der Waals surface area contributed by atoms with Gasteiger partial charge >= 0.3 is 0 Å². The van der Waals surface area contributed by atoms with Crippen molar-refractivity contribution in [3.05, 3.63) is 50.5 Å². The van der Waals surface area contributed by atoms with Crippen molar-refractivity contribution in [1.82, 2.24) is 9.88 Å². The minimum atomic E-state index is -0.423. The van der Waals surface area contributed by atoms with E-state index >= 15 is 0 Å². The number of non-ortho nitro benzene ring substituents is 1. The molecule has 27 heavy (non-hydrogen) atoms. The number of carbonyl (C=O) groups excluding carboxylic acids is 1. The van der Waals surface area contributed by atoms with E-state index in [9.17, 15) is 14.9 Å². The average molecular weight is 388 g/mol. The van der Waals surface area contributed by atoms with E-state index in [-0.39, 0.29) is 11.6 Å². The summed E-state index contributed by atoms with van der Waals surface area (Å²) < 4.78 is 5.38. The van der Waals surface area contributed by atoms with Gasteiger partial charge in [0.1, 0.15) is 0 Å². The van der Waals surface area contributed by atoms with Crippen molar-refractivity contribution in [1.29, 1.82) is 0 Å². The molecule has 1 N–H and O–H groups in total. The molecule has 2 aromatic rings. The molecule has 0 atom stereocenters. The number of nitrogens with zero attached hydrogens (tertiary/aromatic N) is 3. The Balaban J connectivity index is 1.79. The van der Waals surface area contributed by atoms with Gasteiger partial charge in [0.25, 0.3) is 5.69 Å². The molecule has 1 aliphatic heterocycles. The predicted molar refractivity (Wildman–Crippen MR) is 105 cm³/mol. The monoisotopic (exact) mass is 388 g/mol. The van der Waals surface area contributed by atoms with E-state index in [2.05, 4.69) is 15.2 Å². The zero-order chi connectivity index (χ0) is 19.2. The van der Waals surface area contributed by atoms with Gasteiger partial charge in [-0.25, -0.2) is 4.98 Å². The van der Waals surface area contributed by atoms with Gasteiger partial charge in [-0.1, -0.05) is 17.4 Å². The molecule has 2 heterocycles. The molecule has 1 aromatic heterocycles. The third kappa shape index (κ3) is 5.43. The number of nitro benzene ring substituents is 1. The molecular weight excluding hydrogens is 368 g/mol. The van der Waals surface area contributed by atoms with Gasteiger partial charge in [0.2, 0.25) is 5.91 Å². The van der Waals surface area contributed by atoms with Crippen molar-refractivity contribution in [3.63, 3.8) is 0 Å². The highest BCUT2D eigenvalue weighted by Crippen LogP contribution is 2.27. The molecule has 0 bridgehead atoms. The summed E-state index contributed by atoms with van der Waals surface area (Å²) in [6.07, 6.45) is 3.73. The van der Waals surface area contributed by atoms with Gasteiger partial charge in [-0.15, -0.1) is 0 Å². The predicted octanol–water partition coefficient (Wildman–Crippen LogP) is 3.01. The first-order valence-corrected chi connectivity index (χ1v) is 9.33. The maximum absolute atomic E-state index is 11.3. The smallest absolute Gasteiger partial charge is 0.269 e. The number of morpholine rings is 1. The first kappa shape index (κ1) is 19.2. The molecule has 0 spiro atoms. The third-order valence-corrected chi connectivity index (χ3v) is 4.99. The Hall–Kier alpha value is -2.62. The van der Waals surface area contributed by atoms with Gasteiger partial charge in [-0.05, 0) is 23.8 Å². The second-order valence-electron chi connectivity index (χ2n) is 6.08. The highest BCUT2D eigenvalue weighted by atomic mass is 32.1. The van der Waals surface area contributed by atoms with E-state index in [0.29, 0.717) is 18.3 Å². The summed E-state index contributed by atoms with van der Waals surface area (Å²) in [4.78, 5) is 29.5. The Morgan fingerprint density at radius 2 is 2.04 bits per heavy atom. The van der Waals surface area contributed by atoms with Crippen LogP contribution in [-0.2, 0) is 16.1 Å². The number of nitro groups is 1. The van der Waals surface area contributed by atoms with E-state index in [0.717, 1.165) is 35.8 Å². The van der Waals surface area contributed by atoms with Crippen LogP contribution in [0.1, 0.15) is 23.1 Å². The van der Waals surface area contributed by atoms with E-state index < -0.39 is 4.92 Å². The van der Waals surface area contributed by atoms with Gasteiger partial charge < -0.3 is 10.1 Å². The van der Waals surface area contributed by atoms with Crippen LogP contribution in [-0.4, -0.2) is 47.0 Å². The third-order valence-electron chi connectivity index (χ3n) is 4.02. The van der Waals surface area contributed by atoms with Gasteiger partial charge in [-0.2, -0.15) is 0 Å². The molecule has 3 rings (SSSR count). The van der Waals surface area contributed by atoms with Crippen molar-refractivity contribution in [2.24, 2.45) is 0 Å². The molecule has 1 aliphatic rings. The summed E-state index contributed by atoms with van der Waals surface area (Å²) in [6, 6.07) is 6.32. The number of hydrogen-bond donors (Lipinski definition) is 1. The molecule has 8 nitrogen and oxygen atoms in total. The van der Waals surface area contributed by atoms with Crippen LogP contribution >= 0.6 is 11.3 Å². The lowest BCUT2D eigenvalue weighted by Gasteiger charge is -2.26. The molecule has 0 aliphatic carbocycles. The van der Waals surface area contributed by atoms with Crippen LogP contribution in [0.3, 0.4) is 0 Å². The van der Waals surface area contributed by atoms with Gasteiger partial charge in [0.05, 0.1) is 23.8 Å². The molecular formula is C18H20N4O4S. The standard InChI is InChI=1S/C18H20N4O4S/c1-13(23)19-18-20-16(17(27-18)12-21-8-10-26-11-9-21)7-4-14-2-5-15(6-3-14)22(24)25/h2-7H,8-12H2,1H3,(H,19,20,23). The zero-order valence-corrected chi connectivity index (χ0v) is 15.7. The van der Waals surface area contributed by atoms with Crippen LogP contribution in [0.2, 0.25) is 0 Å². The summed E-state index contributed by atoms with van der Waals surface area (Å²) in [5, 5.41) is 14.0. The quantitative estimate of drug-likeness (QED) is 0.603. The number of ether oxygens (including phenoxy) is 1. The summed E-state index contributed by atoms with van der Waals surface area (Å²) in [6.45, 7) is 5.34. The lowest BCUT2D eigenvalue weighted by Crippen LogP contribution is -2.35.